The highest BCUT2D eigenvalue weighted by Gasteiger charge is 2.32. The van der Waals surface area contributed by atoms with Gasteiger partial charge < -0.3 is 9.47 Å². The molecule has 0 atom stereocenters. The van der Waals surface area contributed by atoms with Crippen LogP contribution in [0.4, 0.5) is 0 Å². The summed E-state index contributed by atoms with van der Waals surface area (Å²) in [6.45, 7) is 2.37. The average molecular weight is 256 g/mol. The molecule has 0 unspecified atom stereocenters. The molecule has 0 amide bonds. The minimum atomic E-state index is 0.617. The molecule has 2 aromatic heterocycles. The number of likely N-dealkylation sites (tertiary alicyclic amines) is 1. The third-order valence-corrected chi connectivity index (χ3v) is 4.47. The Morgan fingerprint density at radius 1 is 1.16 bits per heavy atom. The standard InChI is InChI=1S/C15H20N4/c1-18-9-6-11(7-10-18)14-17-13-3-2-8-16-15(13)19(14)12-4-5-12/h2-3,8,11-12H,4-7,9-10H2,1H3. The second-order valence-electron chi connectivity index (χ2n) is 5.99. The zero-order valence-corrected chi connectivity index (χ0v) is 11.4. The number of rotatable bonds is 2. The van der Waals surface area contributed by atoms with E-state index in [1.807, 2.05) is 12.3 Å². The first-order chi connectivity index (χ1) is 9.33. The van der Waals surface area contributed by atoms with Crippen LogP contribution >= 0.6 is 0 Å². The van der Waals surface area contributed by atoms with Gasteiger partial charge in [0, 0.05) is 18.2 Å². The molecule has 0 radical (unpaired) electrons. The largest absolute Gasteiger partial charge is 0.309 e. The van der Waals surface area contributed by atoms with Crippen molar-refractivity contribution < 1.29 is 0 Å². The van der Waals surface area contributed by atoms with E-state index in [4.69, 9.17) is 4.98 Å². The van der Waals surface area contributed by atoms with Crippen molar-refractivity contribution in [3.8, 4) is 0 Å². The Balaban J connectivity index is 1.78. The number of hydrogen-bond donors (Lipinski definition) is 0. The molecule has 3 heterocycles. The van der Waals surface area contributed by atoms with Crippen LogP contribution in [0.25, 0.3) is 11.2 Å². The lowest BCUT2D eigenvalue weighted by Gasteiger charge is -2.28. The van der Waals surface area contributed by atoms with E-state index < -0.39 is 0 Å². The van der Waals surface area contributed by atoms with Gasteiger partial charge in [-0.3, -0.25) is 0 Å². The average Bonchev–Trinajstić information content (AvgIpc) is 3.20. The lowest BCUT2D eigenvalue weighted by molar-refractivity contribution is 0.249. The minimum Gasteiger partial charge on any atom is -0.309 e. The monoisotopic (exact) mass is 256 g/mol. The highest BCUT2D eigenvalue weighted by Crippen LogP contribution is 2.41. The van der Waals surface area contributed by atoms with Gasteiger partial charge in [-0.2, -0.15) is 0 Å². The zero-order valence-electron chi connectivity index (χ0n) is 11.4. The first kappa shape index (κ1) is 11.4. The van der Waals surface area contributed by atoms with Gasteiger partial charge >= 0.3 is 0 Å². The molecule has 1 aliphatic heterocycles. The second kappa shape index (κ2) is 4.30. The molecule has 0 aromatic carbocycles. The van der Waals surface area contributed by atoms with E-state index in [2.05, 4.69) is 27.6 Å². The molecule has 2 aromatic rings. The van der Waals surface area contributed by atoms with E-state index in [9.17, 15) is 0 Å². The van der Waals surface area contributed by atoms with Crippen molar-refractivity contribution in [3.63, 3.8) is 0 Å². The number of aromatic nitrogens is 3. The van der Waals surface area contributed by atoms with Gasteiger partial charge in [0.2, 0.25) is 0 Å². The van der Waals surface area contributed by atoms with Crippen LogP contribution in [0.2, 0.25) is 0 Å². The Kier molecular flexibility index (Phi) is 2.58. The van der Waals surface area contributed by atoms with Crippen molar-refractivity contribution in [2.45, 2.75) is 37.6 Å². The smallest absolute Gasteiger partial charge is 0.160 e. The van der Waals surface area contributed by atoms with E-state index in [0.29, 0.717) is 12.0 Å². The van der Waals surface area contributed by atoms with E-state index in [-0.39, 0.29) is 0 Å². The van der Waals surface area contributed by atoms with Crippen molar-refractivity contribution >= 4 is 11.2 Å². The van der Waals surface area contributed by atoms with Gasteiger partial charge in [0.05, 0.1) is 0 Å². The van der Waals surface area contributed by atoms with Crippen molar-refractivity contribution in [2.75, 3.05) is 20.1 Å². The number of hydrogen-bond acceptors (Lipinski definition) is 3. The van der Waals surface area contributed by atoms with Gasteiger partial charge in [0.25, 0.3) is 0 Å². The lowest BCUT2D eigenvalue weighted by atomic mass is 9.96. The molecule has 4 rings (SSSR count). The van der Waals surface area contributed by atoms with Crippen LogP contribution in [0.15, 0.2) is 18.3 Å². The molecule has 0 N–H and O–H groups in total. The van der Waals surface area contributed by atoms with Crippen LogP contribution in [0.1, 0.15) is 43.5 Å². The van der Waals surface area contributed by atoms with E-state index in [1.165, 1.54) is 44.6 Å². The zero-order chi connectivity index (χ0) is 12.8. The predicted octanol–water partition coefficient (Wildman–Crippen LogP) is 2.58. The van der Waals surface area contributed by atoms with Crippen LogP contribution in [0, 0.1) is 0 Å². The van der Waals surface area contributed by atoms with Gasteiger partial charge in [0.15, 0.2) is 5.65 Å². The molecule has 0 spiro atoms. The number of imidazole rings is 1. The Morgan fingerprint density at radius 2 is 1.95 bits per heavy atom. The number of piperidine rings is 1. The summed E-state index contributed by atoms with van der Waals surface area (Å²) < 4.78 is 2.44. The predicted molar refractivity (Wildman–Crippen MR) is 75.3 cm³/mol. The van der Waals surface area contributed by atoms with Crippen LogP contribution in [0.5, 0.6) is 0 Å². The molecule has 2 fully saturated rings. The van der Waals surface area contributed by atoms with Gasteiger partial charge in [-0.1, -0.05) is 0 Å². The van der Waals surface area contributed by atoms with E-state index in [0.717, 1.165) is 11.2 Å². The van der Waals surface area contributed by atoms with Crippen molar-refractivity contribution in [3.05, 3.63) is 24.2 Å². The number of fused-ring (bicyclic) bond motifs is 1. The summed E-state index contributed by atoms with van der Waals surface area (Å²) in [6.07, 6.45) is 6.93. The van der Waals surface area contributed by atoms with Gasteiger partial charge in [-0.05, 0) is 58.0 Å². The summed E-state index contributed by atoms with van der Waals surface area (Å²) in [5.74, 6) is 1.91. The molecule has 1 aliphatic carbocycles. The van der Waals surface area contributed by atoms with Crippen LogP contribution in [0.3, 0.4) is 0 Å². The molecule has 1 saturated heterocycles. The Morgan fingerprint density at radius 3 is 2.68 bits per heavy atom. The highest BCUT2D eigenvalue weighted by atomic mass is 15.2. The first-order valence-corrected chi connectivity index (χ1v) is 7.34. The van der Waals surface area contributed by atoms with Gasteiger partial charge in [-0.15, -0.1) is 0 Å². The van der Waals surface area contributed by atoms with Crippen molar-refractivity contribution in [1.29, 1.82) is 0 Å². The first-order valence-electron chi connectivity index (χ1n) is 7.34. The molecule has 4 nitrogen and oxygen atoms in total. The third-order valence-electron chi connectivity index (χ3n) is 4.47. The van der Waals surface area contributed by atoms with Crippen molar-refractivity contribution in [2.24, 2.45) is 0 Å². The summed E-state index contributed by atoms with van der Waals surface area (Å²) >= 11 is 0. The number of nitrogens with zero attached hydrogens (tertiary/aromatic N) is 4. The molecule has 19 heavy (non-hydrogen) atoms. The summed E-state index contributed by atoms with van der Waals surface area (Å²) in [5, 5.41) is 0. The second-order valence-corrected chi connectivity index (χ2v) is 5.99. The summed E-state index contributed by atoms with van der Waals surface area (Å²) in [6, 6.07) is 4.75. The fourth-order valence-electron chi connectivity index (χ4n) is 3.19. The van der Waals surface area contributed by atoms with Gasteiger partial charge in [-0.25, -0.2) is 9.97 Å². The maximum Gasteiger partial charge on any atom is 0.160 e. The molecule has 1 saturated carbocycles. The maximum absolute atomic E-state index is 4.90. The van der Waals surface area contributed by atoms with E-state index in [1.54, 1.807) is 0 Å². The molecule has 0 bridgehead atoms. The topological polar surface area (TPSA) is 34.0 Å². The van der Waals surface area contributed by atoms with E-state index >= 15 is 0 Å². The fraction of sp³-hybridized carbons (Fsp3) is 0.600. The van der Waals surface area contributed by atoms with Crippen LogP contribution in [-0.2, 0) is 0 Å². The maximum atomic E-state index is 4.90. The fourth-order valence-corrected chi connectivity index (χ4v) is 3.19. The Hall–Kier alpha value is -1.42. The third kappa shape index (κ3) is 1.94. The Labute approximate surface area is 113 Å². The van der Waals surface area contributed by atoms with Gasteiger partial charge in [0.1, 0.15) is 11.3 Å². The number of pyridine rings is 1. The molecule has 2 aliphatic rings. The molecule has 4 heteroatoms. The normalized spacial score (nSPS) is 22.2. The van der Waals surface area contributed by atoms with Crippen molar-refractivity contribution in [1.82, 2.24) is 19.4 Å². The molecular weight excluding hydrogens is 236 g/mol. The Bertz CT molecular complexity index is 591. The van der Waals surface area contributed by atoms with Crippen LogP contribution in [-0.4, -0.2) is 39.6 Å². The highest BCUT2D eigenvalue weighted by molar-refractivity contribution is 5.71. The summed E-state index contributed by atoms with van der Waals surface area (Å²) in [4.78, 5) is 11.9. The summed E-state index contributed by atoms with van der Waals surface area (Å²) in [7, 11) is 2.21. The van der Waals surface area contributed by atoms with Crippen LogP contribution < -0.4 is 0 Å². The molecule has 100 valence electrons. The molecular formula is C15H20N4. The minimum absolute atomic E-state index is 0.617. The SMILES string of the molecule is CN1CCC(c2nc3cccnc3n2C2CC2)CC1. The lowest BCUT2D eigenvalue weighted by Crippen LogP contribution is -2.30. The summed E-state index contributed by atoms with van der Waals surface area (Å²) in [5.41, 5.74) is 2.17. The quantitative estimate of drug-likeness (QED) is 0.828.